The summed E-state index contributed by atoms with van der Waals surface area (Å²) in [5.41, 5.74) is 1.82. The zero-order valence-corrected chi connectivity index (χ0v) is 18.3. The number of nitrogens with zero attached hydrogens (tertiary/aromatic N) is 2. The zero-order valence-electron chi connectivity index (χ0n) is 16.7. The molecule has 0 saturated carbocycles. The van der Waals surface area contributed by atoms with E-state index >= 15 is 0 Å². The molecule has 1 unspecified atom stereocenters. The van der Waals surface area contributed by atoms with Gasteiger partial charge in [0.1, 0.15) is 5.75 Å². The van der Waals surface area contributed by atoms with Gasteiger partial charge in [-0.05, 0) is 48.9 Å². The van der Waals surface area contributed by atoms with Gasteiger partial charge in [-0.15, -0.1) is 0 Å². The largest absolute Gasteiger partial charge is 0.497 e. The fraction of sp³-hybridized carbons (Fsp3) is 0.227. The molecule has 2 aromatic carbocycles. The SMILES string of the molecule is CCOC(=O)c1cnn(C(CNC(=O)c2ccc(Br)cc2)c2ccc(OC)cc2)c1. The standard InChI is InChI=1S/C22H22BrN3O4/c1-3-30-22(28)17-12-25-26(14-17)20(15-6-10-19(29-2)11-7-15)13-24-21(27)16-4-8-18(23)9-5-16/h4-12,14,20H,3,13H2,1-2H3,(H,24,27). The number of aromatic nitrogens is 2. The summed E-state index contributed by atoms with van der Waals surface area (Å²) in [6.45, 7) is 2.32. The molecule has 0 aliphatic carbocycles. The predicted octanol–water partition coefficient (Wildman–Crippen LogP) is 3.85. The second-order valence-corrected chi connectivity index (χ2v) is 7.35. The first-order valence-electron chi connectivity index (χ1n) is 9.40. The van der Waals surface area contributed by atoms with Crippen molar-refractivity contribution in [2.45, 2.75) is 13.0 Å². The van der Waals surface area contributed by atoms with Crippen molar-refractivity contribution >= 4 is 27.8 Å². The monoisotopic (exact) mass is 471 g/mol. The van der Waals surface area contributed by atoms with Crippen molar-refractivity contribution in [2.75, 3.05) is 20.3 Å². The third-order valence-electron chi connectivity index (χ3n) is 4.49. The van der Waals surface area contributed by atoms with Crippen molar-refractivity contribution in [3.63, 3.8) is 0 Å². The van der Waals surface area contributed by atoms with Crippen molar-refractivity contribution in [1.82, 2.24) is 15.1 Å². The van der Waals surface area contributed by atoms with Crippen LogP contribution >= 0.6 is 15.9 Å². The Kier molecular flexibility index (Phi) is 7.24. The normalized spacial score (nSPS) is 11.6. The molecule has 7 nitrogen and oxygen atoms in total. The van der Waals surface area contributed by atoms with Crippen molar-refractivity contribution in [1.29, 1.82) is 0 Å². The molecule has 0 saturated heterocycles. The Bertz CT molecular complexity index is 1000. The van der Waals surface area contributed by atoms with Crippen molar-refractivity contribution < 1.29 is 19.1 Å². The van der Waals surface area contributed by atoms with Crippen LogP contribution in [0.4, 0.5) is 0 Å². The lowest BCUT2D eigenvalue weighted by Gasteiger charge is -2.19. The van der Waals surface area contributed by atoms with Crippen LogP contribution in [0.15, 0.2) is 65.4 Å². The van der Waals surface area contributed by atoms with Crippen LogP contribution in [-0.2, 0) is 4.74 Å². The molecule has 0 aliphatic heterocycles. The molecule has 0 spiro atoms. The number of nitrogens with one attached hydrogen (secondary N) is 1. The van der Waals surface area contributed by atoms with E-state index in [1.54, 1.807) is 37.0 Å². The highest BCUT2D eigenvalue weighted by atomic mass is 79.9. The van der Waals surface area contributed by atoms with Gasteiger partial charge in [-0.3, -0.25) is 9.48 Å². The first kappa shape index (κ1) is 21.6. The van der Waals surface area contributed by atoms with Gasteiger partial charge < -0.3 is 14.8 Å². The molecule has 1 heterocycles. The summed E-state index contributed by atoms with van der Waals surface area (Å²) < 4.78 is 12.8. The molecular weight excluding hydrogens is 450 g/mol. The second-order valence-electron chi connectivity index (χ2n) is 6.44. The van der Waals surface area contributed by atoms with Gasteiger partial charge >= 0.3 is 5.97 Å². The highest BCUT2D eigenvalue weighted by molar-refractivity contribution is 9.10. The molecule has 1 aromatic heterocycles. The zero-order chi connectivity index (χ0) is 21.5. The topological polar surface area (TPSA) is 82.5 Å². The lowest BCUT2D eigenvalue weighted by molar-refractivity contribution is 0.0526. The van der Waals surface area contributed by atoms with Gasteiger partial charge in [-0.1, -0.05) is 28.1 Å². The second kappa shape index (κ2) is 10.1. The maximum absolute atomic E-state index is 12.6. The van der Waals surface area contributed by atoms with E-state index in [0.29, 0.717) is 11.1 Å². The van der Waals surface area contributed by atoms with E-state index in [1.165, 1.54) is 6.20 Å². The van der Waals surface area contributed by atoms with Crippen LogP contribution in [-0.4, -0.2) is 41.9 Å². The maximum Gasteiger partial charge on any atom is 0.341 e. The minimum Gasteiger partial charge on any atom is -0.497 e. The van der Waals surface area contributed by atoms with Crippen LogP contribution in [0, 0.1) is 0 Å². The molecule has 156 valence electrons. The summed E-state index contributed by atoms with van der Waals surface area (Å²) in [4.78, 5) is 24.6. The number of halogens is 1. The molecule has 0 aliphatic rings. The first-order chi connectivity index (χ1) is 14.5. The Balaban J connectivity index is 1.83. The van der Waals surface area contributed by atoms with Crippen LogP contribution in [0.1, 0.15) is 39.2 Å². The molecule has 1 amide bonds. The van der Waals surface area contributed by atoms with Crippen LogP contribution in [0.3, 0.4) is 0 Å². The number of hydrogen-bond donors (Lipinski definition) is 1. The van der Waals surface area contributed by atoms with Gasteiger partial charge in [-0.25, -0.2) is 4.79 Å². The van der Waals surface area contributed by atoms with E-state index in [9.17, 15) is 9.59 Å². The number of hydrogen-bond acceptors (Lipinski definition) is 5. The number of methoxy groups -OCH3 is 1. The molecule has 3 aromatic rings. The summed E-state index contributed by atoms with van der Waals surface area (Å²) in [5.74, 6) is 0.0963. The summed E-state index contributed by atoms with van der Waals surface area (Å²) >= 11 is 3.36. The van der Waals surface area contributed by atoms with Crippen LogP contribution < -0.4 is 10.1 Å². The van der Waals surface area contributed by atoms with E-state index in [4.69, 9.17) is 9.47 Å². The third kappa shape index (κ3) is 5.27. The Hall–Kier alpha value is -3.13. The number of benzene rings is 2. The van der Waals surface area contributed by atoms with Crippen LogP contribution in [0.25, 0.3) is 0 Å². The minimum atomic E-state index is -0.434. The Morgan fingerprint density at radius 3 is 2.43 bits per heavy atom. The molecule has 1 atom stereocenters. The van der Waals surface area contributed by atoms with Crippen molar-refractivity contribution in [3.8, 4) is 5.75 Å². The summed E-state index contributed by atoms with van der Waals surface area (Å²) in [6, 6.07) is 14.3. The van der Waals surface area contributed by atoms with Crippen molar-refractivity contribution in [2.24, 2.45) is 0 Å². The fourth-order valence-corrected chi connectivity index (χ4v) is 3.18. The van der Waals surface area contributed by atoms with Crippen LogP contribution in [0.2, 0.25) is 0 Å². The Morgan fingerprint density at radius 1 is 1.10 bits per heavy atom. The van der Waals surface area contributed by atoms with Gasteiger partial charge in [0.15, 0.2) is 0 Å². The van der Waals surface area contributed by atoms with Gasteiger partial charge in [0.2, 0.25) is 0 Å². The first-order valence-corrected chi connectivity index (χ1v) is 10.2. The molecule has 8 heteroatoms. The van der Waals surface area contributed by atoms with E-state index in [2.05, 4.69) is 26.3 Å². The molecule has 0 fully saturated rings. The van der Waals surface area contributed by atoms with Gasteiger partial charge in [0.25, 0.3) is 5.91 Å². The van der Waals surface area contributed by atoms with E-state index < -0.39 is 5.97 Å². The Morgan fingerprint density at radius 2 is 1.80 bits per heavy atom. The van der Waals surface area contributed by atoms with E-state index in [1.807, 2.05) is 36.4 Å². The maximum atomic E-state index is 12.6. The number of ether oxygens (including phenoxy) is 2. The summed E-state index contributed by atoms with van der Waals surface area (Å²) in [6.07, 6.45) is 3.09. The summed E-state index contributed by atoms with van der Waals surface area (Å²) in [7, 11) is 1.60. The number of esters is 1. The highest BCUT2D eigenvalue weighted by Crippen LogP contribution is 2.21. The quantitative estimate of drug-likeness (QED) is 0.504. The third-order valence-corrected chi connectivity index (χ3v) is 5.02. The average Bonchev–Trinajstić information content (AvgIpc) is 3.25. The Labute approximate surface area is 183 Å². The lowest BCUT2D eigenvalue weighted by Crippen LogP contribution is -2.31. The van der Waals surface area contributed by atoms with Gasteiger partial charge in [0.05, 0.1) is 31.5 Å². The lowest BCUT2D eigenvalue weighted by atomic mass is 10.1. The van der Waals surface area contributed by atoms with Gasteiger partial charge in [0, 0.05) is 22.8 Å². The predicted molar refractivity (Wildman–Crippen MR) is 116 cm³/mol. The molecule has 30 heavy (non-hydrogen) atoms. The minimum absolute atomic E-state index is 0.196. The van der Waals surface area contributed by atoms with Crippen molar-refractivity contribution in [3.05, 3.63) is 82.1 Å². The van der Waals surface area contributed by atoms with E-state index in [0.717, 1.165) is 15.8 Å². The molecular formula is C22H22BrN3O4. The number of carbonyl (C=O) groups is 2. The number of rotatable bonds is 8. The highest BCUT2D eigenvalue weighted by Gasteiger charge is 2.19. The summed E-state index contributed by atoms with van der Waals surface area (Å²) in [5, 5.41) is 7.27. The smallest absolute Gasteiger partial charge is 0.341 e. The molecule has 1 N–H and O–H groups in total. The molecule has 0 radical (unpaired) electrons. The van der Waals surface area contributed by atoms with Gasteiger partial charge in [-0.2, -0.15) is 5.10 Å². The number of carbonyl (C=O) groups excluding carboxylic acids is 2. The molecule has 3 rings (SSSR count). The van der Waals surface area contributed by atoms with E-state index in [-0.39, 0.29) is 25.1 Å². The fourth-order valence-electron chi connectivity index (χ4n) is 2.91. The average molecular weight is 472 g/mol. The molecule has 0 bridgehead atoms. The number of amides is 1. The van der Waals surface area contributed by atoms with Crippen LogP contribution in [0.5, 0.6) is 5.75 Å².